The number of ether oxygens (including phenoxy) is 2. The molecule has 290 valence electrons. The topological polar surface area (TPSA) is 89.9 Å². The normalized spacial score (nSPS) is 12.6. The van der Waals surface area contributed by atoms with Crippen LogP contribution in [0.3, 0.4) is 0 Å². The van der Waals surface area contributed by atoms with Crippen molar-refractivity contribution >= 4 is 17.7 Å². The lowest BCUT2D eigenvalue weighted by Gasteiger charge is -2.22. The number of unbranched alkanes of at least 4 members (excludes halogenated alkanes) is 28. The third kappa shape index (κ3) is 33.5. The zero-order chi connectivity index (χ0) is 36.0. The third-order valence-corrected chi connectivity index (χ3v) is 9.81. The number of esters is 2. The highest BCUT2D eigenvalue weighted by Gasteiger charge is 2.31. The van der Waals surface area contributed by atoms with Crippen molar-refractivity contribution in [1.82, 2.24) is 0 Å². The molecule has 0 rings (SSSR count). The lowest BCUT2D eigenvalue weighted by Crippen LogP contribution is -2.41. The van der Waals surface area contributed by atoms with E-state index in [2.05, 4.69) is 13.8 Å². The Morgan fingerprint density at radius 3 is 1.08 bits per heavy atom. The van der Waals surface area contributed by atoms with Gasteiger partial charge in [-0.3, -0.25) is 14.4 Å². The van der Waals surface area contributed by atoms with Gasteiger partial charge in [0, 0.05) is 19.3 Å². The summed E-state index contributed by atoms with van der Waals surface area (Å²) in [6, 6.07) is 0. The highest BCUT2D eigenvalue weighted by atomic mass is 16.6. The van der Waals surface area contributed by atoms with E-state index in [1.54, 1.807) is 0 Å². The zero-order valence-electron chi connectivity index (χ0n) is 32.9. The molecule has 6 heteroatoms. The summed E-state index contributed by atoms with van der Waals surface area (Å²) < 4.78 is 10.7. The molecule has 0 aliphatic heterocycles. The van der Waals surface area contributed by atoms with E-state index in [1.165, 1.54) is 154 Å². The average Bonchev–Trinajstić information content (AvgIpc) is 3.09. The van der Waals surface area contributed by atoms with E-state index in [1.807, 2.05) is 6.92 Å². The van der Waals surface area contributed by atoms with Crippen molar-refractivity contribution in [3.63, 3.8) is 0 Å². The highest BCUT2D eigenvalue weighted by Crippen LogP contribution is 2.17. The molecule has 0 aliphatic carbocycles. The molecule has 0 radical (unpaired) electrons. The minimum atomic E-state index is -1.34. The van der Waals surface area contributed by atoms with E-state index >= 15 is 0 Å². The van der Waals surface area contributed by atoms with Gasteiger partial charge in [0.15, 0.2) is 11.9 Å². The largest absolute Gasteiger partial charge is 0.463 e. The van der Waals surface area contributed by atoms with Crippen LogP contribution in [0.25, 0.3) is 0 Å². The Labute approximate surface area is 304 Å². The van der Waals surface area contributed by atoms with Crippen LogP contribution in [0, 0.1) is 0 Å². The molecule has 0 bridgehead atoms. The van der Waals surface area contributed by atoms with Gasteiger partial charge in [0.25, 0.3) is 0 Å². The quantitative estimate of drug-likeness (QED) is 0.0509. The Kier molecular flexibility index (Phi) is 36.7. The van der Waals surface area contributed by atoms with Crippen LogP contribution in [0.2, 0.25) is 0 Å². The number of aliphatic hydroxyl groups is 1. The molecule has 0 saturated heterocycles. The monoisotopic (exact) mass is 695 g/mol. The number of carbonyl (C=O) groups is 3. The molecular weight excluding hydrogens is 612 g/mol. The van der Waals surface area contributed by atoms with Crippen LogP contribution in [0.1, 0.15) is 239 Å². The second kappa shape index (κ2) is 37.8. The average molecular weight is 695 g/mol. The fourth-order valence-corrected chi connectivity index (χ4v) is 6.55. The summed E-state index contributed by atoms with van der Waals surface area (Å²) in [6.07, 6.45) is 36.3. The van der Waals surface area contributed by atoms with Crippen LogP contribution >= 0.6 is 0 Å². The van der Waals surface area contributed by atoms with Gasteiger partial charge >= 0.3 is 11.9 Å². The number of ketones is 1. The summed E-state index contributed by atoms with van der Waals surface area (Å²) in [6.45, 7) is 6.07. The number of aliphatic hydroxyl groups excluding tert-OH is 1. The highest BCUT2D eigenvalue weighted by molar-refractivity contribution is 5.86. The standard InChI is InChI=1S/C43H82O6/c1-4-7-9-11-13-15-17-19-21-23-25-27-29-31-33-36-39(44)43(40(45)38-48-41(46)35-6-3)49-42(47)37-34-32-30-28-26-24-22-20-18-16-14-12-10-8-5-2/h40,43,45H,4-38H2,1-3H3. The molecule has 0 saturated carbocycles. The van der Waals surface area contributed by atoms with Gasteiger partial charge in [0.05, 0.1) is 0 Å². The number of hydrogen-bond donors (Lipinski definition) is 1. The molecular formula is C43H82O6. The van der Waals surface area contributed by atoms with Gasteiger partial charge in [-0.05, 0) is 19.3 Å². The Balaban J connectivity index is 4.17. The fraction of sp³-hybridized carbons (Fsp3) is 0.930. The van der Waals surface area contributed by atoms with Crippen molar-refractivity contribution in [2.45, 2.75) is 251 Å². The molecule has 0 spiro atoms. The first-order chi connectivity index (χ1) is 24.0. The molecule has 0 aromatic heterocycles. The van der Waals surface area contributed by atoms with Gasteiger partial charge in [-0.15, -0.1) is 0 Å². The molecule has 0 heterocycles. The van der Waals surface area contributed by atoms with Crippen molar-refractivity contribution in [1.29, 1.82) is 0 Å². The fourth-order valence-electron chi connectivity index (χ4n) is 6.55. The summed E-state index contributed by atoms with van der Waals surface area (Å²) in [5.41, 5.74) is 0. The van der Waals surface area contributed by atoms with Crippen molar-refractivity contribution in [3.05, 3.63) is 0 Å². The maximum absolute atomic E-state index is 13.1. The lowest BCUT2D eigenvalue weighted by atomic mass is 10.0. The van der Waals surface area contributed by atoms with Gasteiger partial charge in [-0.25, -0.2) is 0 Å². The van der Waals surface area contributed by atoms with E-state index in [0.717, 1.165) is 32.1 Å². The minimum Gasteiger partial charge on any atom is -0.463 e. The van der Waals surface area contributed by atoms with E-state index < -0.39 is 24.1 Å². The number of hydrogen-bond acceptors (Lipinski definition) is 6. The number of carbonyl (C=O) groups excluding carboxylic acids is 3. The molecule has 2 unspecified atom stereocenters. The first-order valence-corrected chi connectivity index (χ1v) is 21.5. The minimum absolute atomic E-state index is 0.239. The van der Waals surface area contributed by atoms with Crippen LogP contribution in [0.15, 0.2) is 0 Å². The Morgan fingerprint density at radius 2 is 0.735 bits per heavy atom. The predicted octanol–water partition coefficient (Wildman–Crippen LogP) is 12.7. The smallest absolute Gasteiger partial charge is 0.306 e. The zero-order valence-corrected chi connectivity index (χ0v) is 32.9. The number of rotatable bonds is 39. The van der Waals surface area contributed by atoms with Gasteiger partial charge in [-0.2, -0.15) is 0 Å². The Bertz CT molecular complexity index is 738. The Hall–Kier alpha value is -1.43. The van der Waals surface area contributed by atoms with Crippen LogP contribution in [-0.2, 0) is 23.9 Å². The molecule has 1 N–H and O–H groups in total. The third-order valence-electron chi connectivity index (χ3n) is 9.81. The van der Waals surface area contributed by atoms with Crippen molar-refractivity contribution in [3.8, 4) is 0 Å². The summed E-state index contributed by atoms with van der Waals surface area (Å²) in [5.74, 6) is -1.15. The van der Waals surface area contributed by atoms with Crippen molar-refractivity contribution in [2.75, 3.05) is 6.61 Å². The van der Waals surface area contributed by atoms with Crippen LogP contribution in [0.4, 0.5) is 0 Å². The second-order valence-electron chi connectivity index (χ2n) is 14.8. The van der Waals surface area contributed by atoms with E-state index in [0.29, 0.717) is 12.8 Å². The lowest BCUT2D eigenvalue weighted by molar-refractivity contribution is -0.167. The van der Waals surface area contributed by atoms with Crippen LogP contribution < -0.4 is 0 Å². The summed E-state index contributed by atoms with van der Waals surface area (Å²) in [4.78, 5) is 37.5. The van der Waals surface area contributed by atoms with Crippen molar-refractivity contribution < 1.29 is 29.0 Å². The SMILES string of the molecule is CCCCCCCCCCCCCCCCCC(=O)OC(C(=O)CCCCCCCCCCCCCCCCC)C(O)COC(=O)CCC. The maximum Gasteiger partial charge on any atom is 0.306 e. The van der Waals surface area contributed by atoms with Gasteiger partial charge in [0.1, 0.15) is 12.7 Å². The summed E-state index contributed by atoms with van der Waals surface area (Å²) in [5, 5.41) is 10.7. The Morgan fingerprint density at radius 1 is 0.408 bits per heavy atom. The first-order valence-electron chi connectivity index (χ1n) is 21.5. The van der Waals surface area contributed by atoms with Crippen molar-refractivity contribution in [2.24, 2.45) is 0 Å². The molecule has 0 amide bonds. The van der Waals surface area contributed by atoms with Gasteiger partial charge < -0.3 is 14.6 Å². The molecule has 6 nitrogen and oxygen atoms in total. The van der Waals surface area contributed by atoms with E-state index in [-0.39, 0.29) is 31.7 Å². The maximum atomic E-state index is 13.1. The second-order valence-corrected chi connectivity index (χ2v) is 14.8. The van der Waals surface area contributed by atoms with Crippen LogP contribution in [0.5, 0.6) is 0 Å². The molecule has 0 fully saturated rings. The molecule has 0 aromatic carbocycles. The van der Waals surface area contributed by atoms with E-state index in [9.17, 15) is 19.5 Å². The summed E-state index contributed by atoms with van der Waals surface area (Å²) in [7, 11) is 0. The molecule has 49 heavy (non-hydrogen) atoms. The summed E-state index contributed by atoms with van der Waals surface area (Å²) >= 11 is 0. The molecule has 0 aliphatic rings. The predicted molar refractivity (Wildman–Crippen MR) is 206 cm³/mol. The molecule has 2 atom stereocenters. The van der Waals surface area contributed by atoms with E-state index in [4.69, 9.17) is 9.47 Å². The first kappa shape index (κ1) is 47.6. The number of Topliss-reactive ketones (excluding diaryl/α,β-unsaturated/α-hetero) is 1. The molecule has 0 aromatic rings. The van der Waals surface area contributed by atoms with Gasteiger partial charge in [-0.1, -0.05) is 201 Å². The van der Waals surface area contributed by atoms with Gasteiger partial charge in [0.2, 0.25) is 0 Å². The van der Waals surface area contributed by atoms with Crippen LogP contribution in [-0.4, -0.2) is 41.6 Å².